The zero-order valence-electron chi connectivity index (χ0n) is 17.6. The molecular formula is C23H18ClN3O5S. The zero-order chi connectivity index (χ0) is 23.5. The normalized spacial score (nSPS) is 16.1. The third kappa shape index (κ3) is 4.79. The van der Waals surface area contributed by atoms with Gasteiger partial charge in [-0.15, -0.1) is 0 Å². The molecule has 0 radical (unpaired) electrons. The molecule has 4 rings (SSSR count). The molecule has 2 heterocycles. The van der Waals surface area contributed by atoms with Gasteiger partial charge in [-0.2, -0.15) is 0 Å². The van der Waals surface area contributed by atoms with E-state index < -0.39 is 4.92 Å². The number of non-ortho nitro benzene ring substituents is 1. The Labute approximate surface area is 198 Å². The van der Waals surface area contributed by atoms with Crippen molar-refractivity contribution in [1.82, 2.24) is 4.90 Å². The van der Waals surface area contributed by atoms with Crippen LogP contribution in [0, 0.1) is 10.1 Å². The van der Waals surface area contributed by atoms with Gasteiger partial charge in [-0.25, -0.2) is 4.99 Å². The van der Waals surface area contributed by atoms with Crippen molar-refractivity contribution < 1.29 is 18.9 Å². The van der Waals surface area contributed by atoms with Crippen molar-refractivity contribution in [2.24, 2.45) is 4.99 Å². The Bertz CT molecular complexity index is 1280. The lowest BCUT2D eigenvalue weighted by Crippen LogP contribution is -2.28. The van der Waals surface area contributed by atoms with E-state index in [0.717, 1.165) is 5.75 Å². The van der Waals surface area contributed by atoms with Gasteiger partial charge in [-0.1, -0.05) is 11.6 Å². The number of aliphatic imine (C=N–C) groups is 1. The second-order valence-corrected chi connectivity index (χ2v) is 8.29. The summed E-state index contributed by atoms with van der Waals surface area (Å²) in [5, 5.41) is 12.0. The van der Waals surface area contributed by atoms with Gasteiger partial charge in [0.2, 0.25) is 0 Å². The molecule has 1 aliphatic heterocycles. The highest BCUT2D eigenvalue weighted by Crippen LogP contribution is 2.36. The van der Waals surface area contributed by atoms with Gasteiger partial charge in [0.05, 0.1) is 27.6 Å². The van der Waals surface area contributed by atoms with Crippen LogP contribution in [0.3, 0.4) is 0 Å². The van der Waals surface area contributed by atoms with Crippen molar-refractivity contribution in [1.29, 1.82) is 0 Å². The zero-order valence-corrected chi connectivity index (χ0v) is 19.2. The summed E-state index contributed by atoms with van der Waals surface area (Å²) in [4.78, 5) is 30.1. The van der Waals surface area contributed by atoms with Crippen molar-refractivity contribution in [3.8, 4) is 17.1 Å². The first-order valence-corrected chi connectivity index (χ1v) is 11.1. The number of halogens is 1. The fourth-order valence-electron chi connectivity index (χ4n) is 3.16. The average Bonchev–Trinajstić information content (AvgIpc) is 3.39. The predicted octanol–water partition coefficient (Wildman–Crippen LogP) is 6.14. The molecule has 0 saturated carbocycles. The second kappa shape index (κ2) is 9.51. The molecule has 0 bridgehead atoms. The molecule has 0 aliphatic carbocycles. The molecule has 1 aromatic heterocycles. The summed E-state index contributed by atoms with van der Waals surface area (Å²) in [7, 11) is 1.59. The lowest BCUT2D eigenvalue weighted by Gasteiger charge is -2.12. The number of likely N-dealkylation sites (N-methyl/N-ethyl adjacent to an activating group) is 1. The Kier molecular flexibility index (Phi) is 6.52. The maximum atomic E-state index is 12.9. The Morgan fingerprint density at radius 2 is 1.97 bits per heavy atom. The van der Waals surface area contributed by atoms with E-state index in [-0.39, 0.29) is 11.6 Å². The largest absolute Gasteiger partial charge is 0.497 e. The quantitative estimate of drug-likeness (QED) is 0.237. The molecule has 1 saturated heterocycles. The van der Waals surface area contributed by atoms with E-state index >= 15 is 0 Å². The summed E-state index contributed by atoms with van der Waals surface area (Å²) in [5.74, 6) is 1.33. The second-order valence-electron chi connectivity index (χ2n) is 6.88. The minimum absolute atomic E-state index is 0.0924. The minimum atomic E-state index is -0.498. The highest BCUT2D eigenvalue weighted by atomic mass is 35.5. The van der Waals surface area contributed by atoms with Crippen LogP contribution < -0.4 is 4.74 Å². The highest BCUT2D eigenvalue weighted by Gasteiger charge is 2.32. The van der Waals surface area contributed by atoms with Gasteiger partial charge in [0.1, 0.15) is 17.3 Å². The number of nitro benzene ring substituents is 1. The van der Waals surface area contributed by atoms with Crippen LogP contribution >= 0.6 is 23.4 Å². The molecule has 0 atom stereocenters. The Morgan fingerprint density at radius 1 is 1.21 bits per heavy atom. The molecular weight excluding hydrogens is 466 g/mol. The predicted molar refractivity (Wildman–Crippen MR) is 129 cm³/mol. The number of carbonyl (C=O) groups is 1. The lowest BCUT2D eigenvalue weighted by molar-refractivity contribution is -0.384. The first kappa shape index (κ1) is 22.6. The molecule has 168 valence electrons. The Balaban J connectivity index is 1.61. The third-order valence-corrected chi connectivity index (χ3v) is 6.16. The van der Waals surface area contributed by atoms with Crippen LogP contribution in [0.1, 0.15) is 12.7 Å². The summed E-state index contributed by atoms with van der Waals surface area (Å²) >= 11 is 7.45. The number of carbonyl (C=O) groups excluding carboxylic acids is 1. The number of hydrogen-bond acceptors (Lipinski definition) is 7. The van der Waals surface area contributed by atoms with Gasteiger partial charge in [0.25, 0.3) is 11.6 Å². The number of rotatable bonds is 6. The minimum Gasteiger partial charge on any atom is -0.497 e. The molecule has 0 spiro atoms. The number of hydrogen-bond donors (Lipinski definition) is 0. The van der Waals surface area contributed by atoms with E-state index in [1.165, 1.54) is 30.0 Å². The SMILES string of the molecule is CCN1C(=O)/C(=C\c2ccc(-c3cc([N+](=O)[O-])ccc3Cl)o2)SC1=Nc1ccc(OC)cc1. The molecule has 2 aromatic carbocycles. The molecule has 33 heavy (non-hydrogen) atoms. The van der Waals surface area contributed by atoms with Gasteiger partial charge >= 0.3 is 0 Å². The molecule has 1 fully saturated rings. The summed E-state index contributed by atoms with van der Waals surface area (Å²) in [6.07, 6.45) is 1.63. The number of methoxy groups -OCH3 is 1. The van der Waals surface area contributed by atoms with Crippen LogP contribution in [0.5, 0.6) is 5.75 Å². The smallest absolute Gasteiger partial charge is 0.270 e. The van der Waals surface area contributed by atoms with Crippen LogP contribution in [0.15, 0.2) is 68.9 Å². The maximum Gasteiger partial charge on any atom is 0.270 e. The summed E-state index contributed by atoms with van der Waals surface area (Å²) in [5.41, 5.74) is 1.01. The first-order valence-electron chi connectivity index (χ1n) is 9.88. The molecule has 0 N–H and O–H groups in total. The average molecular weight is 484 g/mol. The van der Waals surface area contributed by atoms with Crippen LogP contribution in [-0.2, 0) is 4.79 Å². The molecule has 10 heteroatoms. The van der Waals surface area contributed by atoms with Crippen LogP contribution in [-0.4, -0.2) is 34.6 Å². The van der Waals surface area contributed by atoms with Crippen LogP contribution in [0.25, 0.3) is 17.4 Å². The number of nitrogens with zero attached hydrogens (tertiary/aromatic N) is 3. The molecule has 3 aromatic rings. The van der Waals surface area contributed by atoms with Gasteiger partial charge in [-0.3, -0.25) is 19.8 Å². The third-order valence-electron chi connectivity index (χ3n) is 4.83. The first-order chi connectivity index (χ1) is 15.9. The number of ether oxygens (including phenoxy) is 1. The van der Waals surface area contributed by atoms with Crippen molar-refractivity contribution in [2.45, 2.75) is 6.92 Å². The van der Waals surface area contributed by atoms with E-state index in [1.807, 2.05) is 19.1 Å². The van der Waals surface area contributed by atoms with E-state index in [9.17, 15) is 14.9 Å². The Morgan fingerprint density at radius 3 is 2.64 bits per heavy atom. The van der Waals surface area contributed by atoms with Gasteiger partial charge in [-0.05, 0) is 61.2 Å². The van der Waals surface area contributed by atoms with Gasteiger partial charge < -0.3 is 9.15 Å². The number of thioether (sulfide) groups is 1. The van der Waals surface area contributed by atoms with Crippen LogP contribution in [0.4, 0.5) is 11.4 Å². The topological polar surface area (TPSA) is 98.2 Å². The van der Waals surface area contributed by atoms with Crippen LogP contribution in [0.2, 0.25) is 5.02 Å². The molecule has 8 nitrogen and oxygen atoms in total. The standard InChI is InChI=1S/C23H18ClN3O5S/c1-3-26-22(28)21(33-23(26)25-14-4-7-16(31-2)8-5-14)13-17-9-11-20(32-17)18-12-15(27(29)30)6-10-19(18)24/h4-13H,3H2,1-2H3/b21-13+,25-23?. The summed E-state index contributed by atoms with van der Waals surface area (Å²) < 4.78 is 11.0. The van der Waals surface area contributed by atoms with Crippen molar-refractivity contribution in [2.75, 3.05) is 13.7 Å². The number of amides is 1. The molecule has 1 amide bonds. The summed E-state index contributed by atoms with van der Waals surface area (Å²) in [6.45, 7) is 2.34. The molecule has 1 aliphatic rings. The number of nitro groups is 1. The van der Waals surface area contributed by atoms with Gasteiger partial charge in [0, 0.05) is 30.3 Å². The van der Waals surface area contributed by atoms with Crippen molar-refractivity contribution in [3.63, 3.8) is 0 Å². The molecule has 0 unspecified atom stereocenters. The Hall–Kier alpha value is -3.56. The number of furan rings is 1. The summed E-state index contributed by atoms with van der Waals surface area (Å²) in [6, 6.07) is 14.7. The number of benzene rings is 2. The van der Waals surface area contributed by atoms with Crippen molar-refractivity contribution in [3.05, 3.63) is 80.4 Å². The fraction of sp³-hybridized carbons (Fsp3) is 0.130. The maximum absolute atomic E-state index is 12.9. The fourth-order valence-corrected chi connectivity index (χ4v) is 4.41. The van der Waals surface area contributed by atoms with E-state index in [2.05, 4.69) is 4.99 Å². The monoisotopic (exact) mass is 483 g/mol. The van der Waals surface area contributed by atoms with E-state index in [4.69, 9.17) is 20.8 Å². The van der Waals surface area contributed by atoms with E-state index in [0.29, 0.717) is 44.4 Å². The lowest BCUT2D eigenvalue weighted by atomic mass is 10.1. The number of amidine groups is 1. The highest BCUT2D eigenvalue weighted by molar-refractivity contribution is 8.18. The van der Waals surface area contributed by atoms with E-state index in [1.54, 1.807) is 42.4 Å². The van der Waals surface area contributed by atoms with Crippen molar-refractivity contribution >= 4 is 51.9 Å². The van der Waals surface area contributed by atoms with Gasteiger partial charge in [0.15, 0.2) is 5.17 Å².